The van der Waals surface area contributed by atoms with E-state index in [1.165, 1.54) is 17.3 Å². The summed E-state index contributed by atoms with van der Waals surface area (Å²) in [5.41, 5.74) is 2.03. The second-order valence-electron chi connectivity index (χ2n) is 9.14. The molecule has 4 aromatic rings. The Hall–Kier alpha value is -2.84. The molecule has 0 aliphatic carbocycles. The topological polar surface area (TPSA) is 81.7 Å². The average molecular weight is 467 g/mol. The van der Waals surface area contributed by atoms with Crippen molar-refractivity contribution in [3.63, 3.8) is 0 Å². The number of aryl methyl sites for hydroxylation is 1. The van der Waals surface area contributed by atoms with Crippen molar-refractivity contribution in [1.29, 1.82) is 0 Å². The molecule has 0 fully saturated rings. The minimum Gasteiger partial charge on any atom is -0.491 e. The molecule has 0 saturated heterocycles. The molecule has 1 N–H and O–H groups in total. The van der Waals surface area contributed by atoms with Gasteiger partial charge in [0.15, 0.2) is 5.16 Å². The number of fused-ring (bicyclic) bond motifs is 3. The lowest BCUT2D eigenvalue weighted by molar-refractivity contribution is 0.126. The van der Waals surface area contributed by atoms with Crippen LogP contribution in [0.5, 0.6) is 5.75 Å². The minimum absolute atomic E-state index is 0.0604. The van der Waals surface area contributed by atoms with Crippen molar-refractivity contribution in [2.24, 2.45) is 0 Å². The van der Waals surface area contributed by atoms with Crippen LogP contribution in [0.3, 0.4) is 0 Å². The lowest BCUT2D eigenvalue weighted by atomic mass is 9.87. The maximum Gasteiger partial charge on any atom is 0.262 e. The third-order valence-electron chi connectivity index (χ3n) is 5.49. The normalized spacial score (nSPS) is 13.0. The third-order valence-corrected chi connectivity index (χ3v) is 6.57. The van der Waals surface area contributed by atoms with E-state index in [4.69, 9.17) is 4.74 Å². The van der Waals surface area contributed by atoms with Gasteiger partial charge in [0.1, 0.15) is 12.4 Å². The van der Waals surface area contributed by atoms with E-state index in [2.05, 4.69) is 43.1 Å². The van der Waals surface area contributed by atoms with Gasteiger partial charge in [-0.15, -0.1) is 10.2 Å². The van der Waals surface area contributed by atoms with Crippen LogP contribution in [0, 0.1) is 0 Å². The Morgan fingerprint density at radius 2 is 1.82 bits per heavy atom. The number of nitrogens with zero attached hydrogens (tertiary/aromatic N) is 4. The fraction of sp³-hybridized carbons (Fsp3) is 0.400. The summed E-state index contributed by atoms with van der Waals surface area (Å²) in [6.07, 6.45) is 0.133. The maximum atomic E-state index is 12.9. The predicted octanol–water partition coefficient (Wildman–Crippen LogP) is 4.28. The number of para-hydroxylation sites is 1. The maximum absolute atomic E-state index is 12.9. The van der Waals surface area contributed by atoms with Gasteiger partial charge in [0.25, 0.3) is 5.56 Å². The molecular weight excluding hydrogens is 436 g/mol. The molecule has 0 spiro atoms. The van der Waals surface area contributed by atoms with Crippen LogP contribution in [-0.4, -0.2) is 42.7 Å². The predicted molar refractivity (Wildman–Crippen MR) is 132 cm³/mol. The Balaban J connectivity index is 1.49. The first-order valence-electron chi connectivity index (χ1n) is 11.2. The molecule has 0 saturated carbocycles. The third kappa shape index (κ3) is 4.91. The molecule has 1 unspecified atom stereocenters. The number of thioether (sulfide) groups is 1. The van der Waals surface area contributed by atoms with Crippen LogP contribution >= 0.6 is 11.8 Å². The van der Waals surface area contributed by atoms with E-state index in [1.54, 1.807) is 4.57 Å². The Labute approximate surface area is 197 Å². The van der Waals surface area contributed by atoms with Crippen LogP contribution in [-0.2, 0) is 12.0 Å². The molecule has 2 aromatic heterocycles. The summed E-state index contributed by atoms with van der Waals surface area (Å²) >= 11 is 1.40. The zero-order chi connectivity index (χ0) is 23.6. The molecular formula is C25H30N4O3S. The second kappa shape index (κ2) is 9.57. The van der Waals surface area contributed by atoms with Crippen molar-refractivity contribution in [2.75, 3.05) is 12.4 Å². The van der Waals surface area contributed by atoms with Gasteiger partial charge in [-0.25, -0.2) is 0 Å². The number of benzene rings is 2. The molecule has 7 nitrogen and oxygen atoms in total. The molecule has 0 aliphatic rings. The van der Waals surface area contributed by atoms with Gasteiger partial charge >= 0.3 is 0 Å². The van der Waals surface area contributed by atoms with Crippen molar-refractivity contribution in [3.05, 3.63) is 64.4 Å². The van der Waals surface area contributed by atoms with E-state index >= 15 is 0 Å². The molecule has 2 aromatic carbocycles. The van der Waals surface area contributed by atoms with Crippen LogP contribution in [0.2, 0.25) is 0 Å². The molecule has 0 aliphatic heterocycles. The lowest BCUT2D eigenvalue weighted by Crippen LogP contribution is -2.23. The fourth-order valence-corrected chi connectivity index (χ4v) is 4.56. The number of rotatable bonds is 8. The Bertz CT molecular complexity index is 1310. The van der Waals surface area contributed by atoms with Gasteiger partial charge in [0.05, 0.1) is 17.0 Å². The number of aliphatic hydroxyl groups is 1. The van der Waals surface area contributed by atoms with Crippen molar-refractivity contribution in [1.82, 2.24) is 19.2 Å². The lowest BCUT2D eigenvalue weighted by Gasteiger charge is -2.19. The van der Waals surface area contributed by atoms with E-state index in [0.717, 1.165) is 17.7 Å². The van der Waals surface area contributed by atoms with E-state index in [1.807, 2.05) is 47.7 Å². The minimum atomic E-state index is -0.683. The van der Waals surface area contributed by atoms with Gasteiger partial charge in [-0.3, -0.25) is 13.8 Å². The SMILES string of the molecule is CCCn1c(=O)c2ccccc2n2c(SCC(O)COc3ccc(C(C)(C)C)cc3)nnc12. The van der Waals surface area contributed by atoms with Crippen LogP contribution in [0.25, 0.3) is 16.7 Å². The smallest absolute Gasteiger partial charge is 0.262 e. The van der Waals surface area contributed by atoms with Gasteiger partial charge in [0, 0.05) is 12.3 Å². The highest BCUT2D eigenvalue weighted by atomic mass is 32.2. The molecule has 8 heteroatoms. The number of aromatic nitrogens is 4. The van der Waals surface area contributed by atoms with E-state index in [9.17, 15) is 9.90 Å². The number of aliphatic hydroxyl groups excluding tert-OH is 1. The van der Waals surface area contributed by atoms with Crippen molar-refractivity contribution < 1.29 is 9.84 Å². The number of hydrogen-bond acceptors (Lipinski definition) is 6. The first kappa shape index (κ1) is 23.3. The van der Waals surface area contributed by atoms with Crippen molar-refractivity contribution >= 4 is 28.4 Å². The quantitative estimate of drug-likeness (QED) is 0.390. The summed E-state index contributed by atoms with van der Waals surface area (Å²) in [7, 11) is 0. The zero-order valence-corrected chi connectivity index (χ0v) is 20.3. The van der Waals surface area contributed by atoms with Crippen LogP contribution in [0.4, 0.5) is 0 Å². The fourth-order valence-electron chi connectivity index (χ4n) is 3.71. The summed E-state index contributed by atoms with van der Waals surface area (Å²) in [6, 6.07) is 15.5. The van der Waals surface area contributed by atoms with Gasteiger partial charge in [-0.1, -0.05) is 63.7 Å². The molecule has 2 heterocycles. The summed E-state index contributed by atoms with van der Waals surface area (Å²) < 4.78 is 9.34. The molecule has 1 atom stereocenters. The molecule has 4 rings (SSSR count). The number of hydrogen-bond donors (Lipinski definition) is 1. The standard InChI is InChI=1S/C25H30N4O3S/c1-5-14-28-22(31)20-8-6-7-9-21(20)29-23(28)26-27-24(29)33-16-18(30)15-32-19-12-10-17(11-13-19)25(2,3)4/h6-13,18,30H,5,14-16H2,1-4H3. The first-order chi connectivity index (χ1) is 15.8. The summed E-state index contributed by atoms with van der Waals surface area (Å²) in [5, 5.41) is 20.4. The van der Waals surface area contributed by atoms with Crippen LogP contribution < -0.4 is 10.3 Å². The highest BCUT2D eigenvalue weighted by Crippen LogP contribution is 2.25. The summed E-state index contributed by atoms with van der Waals surface area (Å²) in [4.78, 5) is 12.9. The second-order valence-corrected chi connectivity index (χ2v) is 10.1. The molecule has 174 valence electrons. The van der Waals surface area contributed by atoms with E-state index in [0.29, 0.717) is 28.6 Å². The summed E-state index contributed by atoms with van der Waals surface area (Å²) in [6.45, 7) is 9.28. The molecule has 0 amide bonds. The first-order valence-corrected chi connectivity index (χ1v) is 12.2. The van der Waals surface area contributed by atoms with Crippen molar-refractivity contribution in [3.8, 4) is 5.75 Å². The Morgan fingerprint density at radius 1 is 1.09 bits per heavy atom. The molecule has 33 heavy (non-hydrogen) atoms. The highest BCUT2D eigenvalue weighted by Gasteiger charge is 2.18. The highest BCUT2D eigenvalue weighted by molar-refractivity contribution is 7.99. The van der Waals surface area contributed by atoms with Crippen LogP contribution in [0.15, 0.2) is 58.5 Å². The zero-order valence-electron chi connectivity index (χ0n) is 19.5. The van der Waals surface area contributed by atoms with Gasteiger partial charge in [0.2, 0.25) is 5.78 Å². The molecule has 0 radical (unpaired) electrons. The van der Waals surface area contributed by atoms with Gasteiger partial charge in [-0.2, -0.15) is 0 Å². The summed E-state index contributed by atoms with van der Waals surface area (Å²) in [5.74, 6) is 1.64. The molecule has 0 bridgehead atoms. The van der Waals surface area contributed by atoms with E-state index in [-0.39, 0.29) is 17.6 Å². The van der Waals surface area contributed by atoms with Gasteiger partial charge in [-0.05, 0) is 41.7 Å². The Morgan fingerprint density at radius 3 is 2.52 bits per heavy atom. The monoisotopic (exact) mass is 466 g/mol. The largest absolute Gasteiger partial charge is 0.491 e. The van der Waals surface area contributed by atoms with Gasteiger partial charge < -0.3 is 9.84 Å². The number of ether oxygens (including phenoxy) is 1. The average Bonchev–Trinajstić information content (AvgIpc) is 3.23. The Kier molecular flexibility index (Phi) is 6.76. The van der Waals surface area contributed by atoms with Crippen LogP contribution in [0.1, 0.15) is 39.7 Å². The van der Waals surface area contributed by atoms with E-state index < -0.39 is 6.10 Å². The van der Waals surface area contributed by atoms with Crippen molar-refractivity contribution in [2.45, 2.75) is 57.3 Å².